The van der Waals surface area contributed by atoms with Crippen LogP contribution in [0.25, 0.3) is 0 Å². The maximum atomic E-state index is 12.9. The van der Waals surface area contributed by atoms with Gasteiger partial charge in [-0.2, -0.15) is 0 Å². The SMILES string of the molecule is CSN1CCN(C(=O)NC(C)c2ccc(F)cc2)CC1. The molecule has 2 amide bonds. The lowest BCUT2D eigenvalue weighted by molar-refractivity contribution is 0.173. The summed E-state index contributed by atoms with van der Waals surface area (Å²) in [4.78, 5) is 14.0. The second kappa shape index (κ2) is 6.95. The first-order valence-corrected chi connectivity index (χ1v) is 7.88. The number of halogens is 1. The molecule has 1 saturated heterocycles. The smallest absolute Gasteiger partial charge is 0.317 e. The number of hydrogen-bond donors (Lipinski definition) is 1. The highest BCUT2D eigenvalue weighted by Gasteiger charge is 2.21. The van der Waals surface area contributed by atoms with E-state index in [2.05, 4.69) is 9.62 Å². The van der Waals surface area contributed by atoms with Gasteiger partial charge in [0.15, 0.2) is 0 Å². The average Bonchev–Trinajstić information content (AvgIpc) is 2.48. The second-order valence-corrected chi connectivity index (χ2v) is 5.70. The average molecular weight is 297 g/mol. The molecule has 6 heteroatoms. The molecule has 20 heavy (non-hydrogen) atoms. The first-order chi connectivity index (χ1) is 9.60. The van der Waals surface area contributed by atoms with Crippen LogP contribution in [-0.2, 0) is 0 Å². The van der Waals surface area contributed by atoms with Crippen molar-refractivity contribution in [3.8, 4) is 0 Å². The van der Waals surface area contributed by atoms with Crippen molar-refractivity contribution in [3.63, 3.8) is 0 Å². The quantitative estimate of drug-likeness (QED) is 0.871. The first kappa shape index (κ1) is 15.1. The summed E-state index contributed by atoms with van der Waals surface area (Å²) < 4.78 is 15.1. The fourth-order valence-electron chi connectivity index (χ4n) is 2.19. The zero-order valence-corrected chi connectivity index (χ0v) is 12.6. The van der Waals surface area contributed by atoms with Gasteiger partial charge < -0.3 is 10.2 Å². The van der Waals surface area contributed by atoms with E-state index in [1.807, 2.05) is 18.1 Å². The van der Waals surface area contributed by atoms with Crippen LogP contribution in [0.2, 0.25) is 0 Å². The van der Waals surface area contributed by atoms with Gasteiger partial charge in [-0.05, 0) is 30.9 Å². The van der Waals surface area contributed by atoms with Crippen LogP contribution in [0, 0.1) is 5.82 Å². The van der Waals surface area contributed by atoms with Crippen molar-refractivity contribution in [2.45, 2.75) is 13.0 Å². The van der Waals surface area contributed by atoms with Gasteiger partial charge in [-0.15, -0.1) is 0 Å². The third-order valence-electron chi connectivity index (χ3n) is 3.49. The van der Waals surface area contributed by atoms with Gasteiger partial charge in [0.05, 0.1) is 6.04 Å². The normalized spacial score (nSPS) is 17.9. The Balaban J connectivity index is 1.86. The van der Waals surface area contributed by atoms with E-state index in [-0.39, 0.29) is 17.9 Å². The Morgan fingerprint density at radius 1 is 1.25 bits per heavy atom. The number of nitrogens with one attached hydrogen (secondary N) is 1. The van der Waals surface area contributed by atoms with Crippen LogP contribution in [-0.4, -0.2) is 47.7 Å². The topological polar surface area (TPSA) is 35.6 Å². The molecular formula is C14H20FN3OS. The Bertz CT molecular complexity index is 446. The van der Waals surface area contributed by atoms with Crippen molar-refractivity contribution in [1.29, 1.82) is 0 Å². The number of rotatable bonds is 3. The maximum absolute atomic E-state index is 12.9. The summed E-state index contributed by atoms with van der Waals surface area (Å²) in [7, 11) is 0. The molecule has 1 aliphatic rings. The third-order valence-corrected chi connectivity index (χ3v) is 4.38. The van der Waals surface area contributed by atoms with Gasteiger partial charge in [0, 0.05) is 26.2 Å². The molecule has 1 atom stereocenters. The van der Waals surface area contributed by atoms with Crippen LogP contribution < -0.4 is 5.32 Å². The Morgan fingerprint density at radius 2 is 1.85 bits per heavy atom. The molecule has 0 aromatic heterocycles. The molecule has 1 aromatic rings. The minimum atomic E-state index is -0.263. The predicted octanol–water partition coefficient (Wildman–Crippen LogP) is 2.49. The minimum absolute atomic E-state index is 0.0532. The number of benzene rings is 1. The van der Waals surface area contributed by atoms with E-state index >= 15 is 0 Å². The van der Waals surface area contributed by atoms with Gasteiger partial charge in [0.2, 0.25) is 0 Å². The van der Waals surface area contributed by atoms with Crippen LogP contribution in [0.5, 0.6) is 0 Å². The highest BCUT2D eigenvalue weighted by Crippen LogP contribution is 2.14. The van der Waals surface area contributed by atoms with E-state index in [9.17, 15) is 9.18 Å². The standard InChI is InChI=1S/C14H20FN3OS/c1-11(12-3-5-13(15)6-4-12)16-14(19)17-7-9-18(20-2)10-8-17/h3-6,11H,7-10H2,1-2H3,(H,16,19). The highest BCUT2D eigenvalue weighted by molar-refractivity contribution is 7.96. The van der Waals surface area contributed by atoms with Crippen LogP contribution in [0.3, 0.4) is 0 Å². The molecule has 110 valence electrons. The lowest BCUT2D eigenvalue weighted by atomic mass is 10.1. The number of amides is 2. The van der Waals surface area contributed by atoms with E-state index in [0.29, 0.717) is 0 Å². The zero-order valence-electron chi connectivity index (χ0n) is 11.8. The summed E-state index contributed by atoms with van der Waals surface area (Å²) in [5.41, 5.74) is 0.905. The van der Waals surface area contributed by atoms with E-state index < -0.39 is 0 Å². The van der Waals surface area contributed by atoms with Crippen molar-refractivity contribution in [2.75, 3.05) is 32.4 Å². The fraction of sp³-hybridized carbons (Fsp3) is 0.500. The summed E-state index contributed by atoms with van der Waals surface area (Å²) in [5, 5.41) is 2.96. The Hall–Kier alpha value is -1.27. The van der Waals surface area contributed by atoms with Crippen LogP contribution in [0.1, 0.15) is 18.5 Å². The number of hydrogen-bond acceptors (Lipinski definition) is 3. The van der Waals surface area contributed by atoms with E-state index in [1.165, 1.54) is 12.1 Å². The number of urea groups is 1. The molecule has 1 unspecified atom stereocenters. The van der Waals surface area contributed by atoms with Crippen molar-refractivity contribution < 1.29 is 9.18 Å². The minimum Gasteiger partial charge on any atom is -0.331 e. The third kappa shape index (κ3) is 3.86. The number of carbonyl (C=O) groups excluding carboxylic acids is 1. The highest BCUT2D eigenvalue weighted by atomic mass is 32.2. The van der Waals surface area contributed by atoms with Gasteiger partial charge in [-0.3, -0.25) is 0 Å². The van der Waals surface area contributed by atoms with E-state index in [1.54, 1.807) is 24.1 Å². The monoisotopic (exact) mass is 297 g/mol. The van der Waals surface area contributed by atoms with Gasteiger partial charge in [-0.25, -0.2) is 13.5 Å². The van der Waals surface area contributed by atoms with Crippen molar-refractivity contribution >= 4 is 18.0 Å². The summed E-state index contributed by atoms with van der Waals surface area (Å²) in [6.45, 7) is 5.16. The molecule has 0 aliphatic carbocycles. The number of carbonyl (C=O) groups is 1. The molecule has 1 N–H and O–H groups in total. The van der Waals surface area contributed by atoms with E-state index in [4.69, 9.17) is 0 Å². The maximum Gasteiger partial charge on any atom is 0.317 e. The van der Waals surface area contributed by atoms with E-state index in [0.717, 1.165) is 31.7 Å². The molecule has 1 aliphatic heterocycles. The summed E-state index contributed by atoms with van der Waals surface area (Å²) in [6, 6.07) is 6.05. The molecule has 0 saturated carbocycles. The number of piperazine rings is 1. The molecule has 1 heterocycles. The van der Waals surface area contributed by atoms with Crippen LogP contribution >= 0.6 is 11.9 Å². The van der Waals surface area contributed by atoms with Gasteiger partial charge in [0.1, 0.15) is 5.82 Å². The van der Waals surface area contributed by atoms with Gasteiger partial charge in [0.25, 0.3) is 0 Å². The fourth-order valence-corrected chi connectivity index (χ4v) is 2.71. The summed E-state index contributed by atoms with van der Waals surface area (Å²) in [5.74, 6) is -0.263. The molecule has 0 bridgehead atoms. The van der Waals surface area contributed by atoms with Gasteiger partial charge in [-0.1, -0.05) is 24.1 Å². The second-order valence-electron chi connectivity index (χ2n) is 4.82. The van der Waals surface area contributed by atoms with Crippen molar-refractivity contribution in [3.05, 3.63) is 35.6 Å². The molecule has 4 nitrogen and oxygen atoms in total. The number of nitrogens with zero attached hydrogens (tertiary/aromatic N) is 2. The molecule has 0 radical (unpaired) electrons. The lowest BCUT2D eigenvalue weighted by Crippen LogP contribution is -2.50. The Morgan fingerprint density at radius 3 is 2.40 bits per heavy atom. The Kier molecular flexibility index (Phi) is 5.25. The van der Waals surface area contributed by atoms with Crippen molar-refractivity contribution in [1.82, 2.24) is 14.5 Å². The van der Waals surface area contributed by atoms with Crippen molar-refractivity contribution in [2.24, 2.45) is 0 Å². The lowest BCUT2D eigenvalue weighted by Gasteiger charge is -2.33. The summed E-state index contributed by atoms with van der Waals surface area (Å²) in [6.07, 6.45) is 2.05. The first-order valence-electron chi connectivity index (χ1n) is 6.70. The Labute approximate surface area is 123 Å². The van der Waals surface area contributed by atoms with Gasteiger partial charge >= 0.3 is 6.03 Å². The largest absolute Gasteiger partial charge is 0.331 e. The zero-order chi connectivity index (χ0) is 14.5. The summed E-state index contributed by atoms with van der Waals surface area (Å²) >= 11 is 1.71. The molecule has 0 spiro atoms. The van der Waals surface area contributed by atoms with Crippen LogP contribution in [0.4, 0.5) is 9.18 Å². The molecule has 1 fully saturated rings. The molecule has 1 aromatic carbocycles. The molecule has 2 rings (SSSR count). The predicted molar refractivity (Wildman–Crippen MR) is 80.0 cm³/mol. The molecular weight excluding hydrogens is 277 g/mol. The van der Waals surface area contributed by atoms with Crippen LogP contribution in [0.15, 0.2) is 24.3 Å².